The highest BCUT2D eigenvalue weighted by atomic mass is 16.5. The van der Waals surface area contributed by atoms with Crippen LogP contribution in [0.25, 0.3) is 21.2 Å². The third-order valence-corrected chi connectivity index (χ3v) is 5.87. The zero-order valence-electron chi connectivity index (χ0n) is 20.7. The number of carbonyl (C=O) groups is 3. The third kappa shape index (κ3) is 7.26. The molecule has 2 atom stereocenters. The molecule has 38 heavy (non-hydrogen) atoms. The molecular weight excluding hydrogens is 502 g/mol. The third-order valence-electron chi connectivity index (χ3n) is 5.87. The topological polar surface area (TPSA) is 223 Å². The highest BCUT2D eigenvalue weighted by Gasteiger charge is 2.33. The average molecular weight is 534 g/mol. The Hall–Kier alpha value is -4.04. The lowest BCUT2D eigenvalue weighted by Gasteiger charge is -2.23. The number of hydrogen-bond donors (Lipinski definition) is 5. The van der Waals surface area contributed by atoms with E-state index in [9.17, 15) is 24.6 Å². The van der Waals surface area contributed by atoms with Crippen LogP contribution in [0.4, 0.5) is 5.69 Å². The van der Waals surface area contributed by atoms with Crippen LogP contribution in [0, 0.1) is 0 Å². The Bertz CT molecular complexity index is 1190. The van der Waals surface area contributed by atoms with Gasteiger partial charge in [-0.15, -0.1) is 0 Å². The second-order valence-corrected chi connectivity index (χ2v) is 8.39. The maximum Gasteiger partial charge on any atom is 0.249 e. The molecule has 0 aliphatic carbocycles. The molecule has 3 amide bonds. The van der Waals surface area contributed by atoms with E-state index in [0.717, 1.165) is 4.57 Å². The van der Waals surface area contributed by atoms with E-state index in [1.807, 2.05) is 0 Å². The summed E-state index contributed by atoms with van der Waals surface area (Å²) in [6, 6.07) is 2.96. The summed E-state index contributed by atoms with van der Waals surface area (Å²) < 4.78 is 17.2. The minimum atomic E-state index is -0.972. The molecule has 0 radical (unpaired) electrons. The number of azide groups is 1. The molecule has 1 aromatic carbocycles. The molecule has 2 aromatic rings. The number of hydrogen-bond acceptors (Lipinski definition) is 10. The van der Waals surface area contributed by atoms with Crippen molar-refractivity contribution in [1.29, 1.82) is 0 Å². The summed E-state index contributed by atoms with van der Waals surface area (Å²) in [5, 5.41) is 30.7. The quantitative estimate of drug-likeness (QED) is 0.0682. The number of carbonyl (C=O) groups excluding carboxylic acids is 3. The number of anilines is 1. The van der Waals surface area contributed by atoms with Crippen LogP contribution in [0.15, 0.2) is 23.3 Å². The van der Waals surface area contributed by atoms with E-state index >= 15 is 0 Å². The van der Waals surface area contributed by atoms with Crippen LogP contribution in [0.2, 0.25) is 0 Å². The first kappa shape index (κ1) is 28.5. The van der Waals surface area contributed by atoms with Crippen LogP contribution < -0.4 is 16.4 Å². The molecule has 15 heteroatoms. The molecule has 0 spiro atoms. The van der Waals surface area contributed by atoms with Gasteiger partial charge < -0.3 is 35.5 Å². The number of nitrogens with zero attached hydrogens (tertiary/aromatic N) is 4. The van der Waals surface area contributed by atoms with Gasteiger partial charge in [0.25, 0.3) is 0 Å². The number of piperidine rings is 1. The smallest absolute Gasteiger partial charge is 0.249 e. The highest BCUT2D eigenvalue weighted by Crippen LogP contribution is 2.44. The monoisotopic (exact) mass is 533 g/mol. The van der Waals surface area contributed by atoms with Crippen LogP contribution in [-0.2, 0) is 28.6 Å². The van der Waals surface area contributed by atoms with Crippen LogP contribution in [0.1, 0.15) is 25.3 Å². The SMILES string of the molecule is [N-]=[N+]=NCCOCCOCCOCCC(Nc1cccc2c(O)n(C3CCC(=O)NC3=O)c(O)c12)C(N)=O. The zero-order chi connectivity index (χ0) is 27.5. The van der Waals surface area contributed by atoms with Crippen molar-refractivity contribution in [3.05, 3.63) is 28.6 Å². The maximum absolute atomic E-state index is 12.3. The lowest BCUT2D eigenvalue weighted by atomic mass is 10.1. The van der Waals surface area contributed by atoms with Crippen LogP contribution in [0.5, 0.6) is 11.8 Å². The second-order valence-electron chi connectivity index (χ2n) is 8.39. The number of nitrogens with one attached hydrogen (secondary N) is 2. The molecular formula is C23H31N7O8. The van der Waals surface area contributed by atoms with E-state index in [1.54, 1.807) is 18.2 Å². The molecule has 6 N–H and O–H groups in total. The van der Waals surface area contributed by atoms with Crippen molar-refractivity contribution in [2.75, 3.05) is 51.5 Å². The first-order chi connectivity index (χ1) is 18.3. The van der Waals surface area contributed by atoms with Crippen LogP contribution >= 0.6 is 0 Å². The maximum atomic E-state index is 12.3. The number of nitrogens with two attached hydrogens (primary N) is 1. The zero-order valence-corrected chi connectivity index (χ0v) is 20.7. The minimum absolute atomic E-state index is 0.0658. The Balaban J connectivity index is 1.55. The van der Waals surface area contributed by atoms with Crippen molar-refractivity contribution in [1.82, 2.24) is 9.88 Å². The molecule has 2 heterocycles. The fourth-order valence-corrected chi connectivity index (χ4v) is 4.04. The molecule has 0 saturated carbocycles. The van der Waals surface area contributed by atoms with Gasteiger partial charge in [0.15, 0.2) is 0 Å². The van der Waals surface area contributed by atoms with Gasteiger partial charge in [-0.3, -0.25) is 24.3 Å². The number of aromatic hydroxyl groups is 2. The molecule has 1 aromatic heterocycles. The minimum Gasteiger partial charge on any atom is -0.494 e. The van der Waals surface area contributed by atoms with Crippen LogP contribution in [0.3, 0.4) is 0 Å². The summed E-state index contributed by atoms with van der Waals surface area (Å²) >= 11 is 0. The van der Waals surface area contributed by atoms with Crippen molar-refractivity contribution in [3.8, 4) is 11.8 Å². The Labute approximate surface area is 217 Å². The lowest BCUT2D eigenvalue weighted by molar-refractivity contribution is -0.136. The van der Waals surface area contributed by atoms with Gasteiger partial charge in [0.2, 0.25) is 29.5 Å². The Kier molecular flexibility index (Phi) is 10.5. The Morgan fingerprint density at radius 2 is 1.84 bits per heavy atom. The predicted octanol–water partition coefficient (Wildman–Crippen LogP) is 1.05. The van der Waals surface area contributed by atoms with E-state index in [2.05, 4.69) is 20.7 Å². The molecule has 0 bridgehead atoms. The fourth-order valence-electron chi connectivity index (χ4n) is 4.04. The molecule has 15 nitrogen and oxygen atoms in total. The summed E-state index contributed by atoms with van der Waals surface area (Å²) in [6.07, 6.45) is 0.399. The van der Waals surface area contributed by atoms with Gasteiger partial charge in [0.05, 0.1) is 38.4 Å². The van der Waals surface area contributed by atoms with E-state index in [4.69, 9.17) is 25.5 Å². The molecule has 2 unspecified atom stereocenters. The molecule has 1 fully saturated rings. The Morgan fingerprint density at radius 3 is 2.50 bits per heavy atom. The number of imide groups is 1. The van der Waals surface area contributed by atoms with E-state index in [-0.39, 0.29) is 61.6 Å². The molecule has 3 rings (SSSR count). The summed E-state index contributed by atoms with van der Waals surface area (Å²) in [6.45, 7) is 2.07. The van der Waals surface area contributed by atoms with Gasteiger partial charge in [-0.05, 0) is 30.5 Å². The van der Waals surface area contributed by atoms with Crippen molar-refractivity contribution >= 4 is 34.2 Å². The molecule has 1 saturated heterocycles. The van der Waals surface area contributed by atoms with Crippen molar-refractivity contribution in [3.63, 3.8) is 0 Å². The van der Waals surface area contributed by atoms with E-state index in [1.165, 1.54) is 0 Å². The summed E-state index contributed by atoms with van der Waals surface area (Å²) in [7, 11) is 0. The van der Waals surface area contributed by atoms with Gasteiger partial charge >= 0.3 is 0 Å². The van der Waals surface area contributed by atoms with Gasteiger partial charge in [0.1, 0.15) is 12.1 Å². The first-order valence-corrected chi connectivity index (χ1v) is 12.0. The van der Waals surface area contributed by atoms with Gasteiger partial charge in [0, 0.05) is 35.6 Å². The van der Waals surface area contributed by atoms with E-state index < -0.39 is 29.8 Å². The molecule has 206 valence electrons. The number of primary amides is 1. The first-order valence-electron chi connectivity index (χ1n) is 12.0. The number of rotatable bonds is 16. The highest BCUT2D eigenvalue weighted by molar-refractivity contribution is 6.05. The number of amides is 3. The van der Waals surface area contributed by atoms with Crippen molar-refractivity contribution < 1.29 is 38.8 Å². The summed E-state index contributed by atoms with van der Waals surface area (Å²) in [4.78, 5) is 38.5. The van der Waals surface area contributed by atoms with Crippen LogP contribution in [-0.4, -0.2) is 84.7 Å². The lowest BCUT2D eigenvalue weighted by Crippen LogP contribution is -2.41. The number of aromatic nitrogens is 1. The van der Waals surface area contributed by atoms with Gasteiger partial charge in [-0.25, -0.2) is 0 Å². The fraction of sp³-hybridized carbons (Fsp3) is 0.522. The van der Waals surface area contributed by atoms with E-state index in [0.29, 0.717) is 32.1 Å². The average Bonchev–Trinajstić information content (AvgIpc) is 3.14. The Morgan fingerprint density at radius 1 is 1.16 bits per heavy atom. The number of fused-ring (bicyclic) bond motifs is 1. The second kappa shape index (κ2) is 14.0. The van der Waals surface area contributed by atoms with Gasteiger partial charge in [-0.2, -0.15) is 0 Å². The predicted molar refractivity (Wildman–Crippen MR) is 134 cm³/mol. The summed E-state index contributed by atoms with van der Waals surface area (Å²) in [5.41, 5.74) is 14.1. The normalized spacial score (nSPS) is 16.2. The van der Waals surface area contributed by atoms with Gasteiger partial charge in [-0.1, -0.05) is 11.2 Å². The molecule has 1 aliphatic heterocycles. The largest absolute Gasteiger partial charge is 0.494 e. The molecule has 1 aliphatic rings. The number of benzene rings is 1. The van der Waals surface area contributed by atoms with Crippen molar-refractivity contribution in [2.45, 2.75) is 31.3 Å². The summed E-state index contributed by atoms with van der Waals surface area (Å²) in [5.74, 6) is -2.41. The number of ether oxygens (including phenoxy) is 3. The standard InChI is InChI=1S/C23H31N7O8/c24-20(32)16(6-8-36-10-12-38-13-11-37-9-7-26-29-25)27-15-3-1-2-14-19(15)23(35)30(22(14)34)17-4-5-18(31)28-21(17)33/h1-3,16-17,27,34-35H,4-13H2,(H2,24,32)(H,28,31,33). The van der Waals surface area contributed by atoms with Crippen molar-refractivity contribution in [2.24, 2.45) is 10.8 Å².